The van der Waals surface area contributed by atoms with E-state index in [0.717, 1.165) is 6.42 Å². The summed E-state index contributed by atoms with van der Waals surface area (Å²) in [6.45, 7) is 7.35. The molecule has 0 aliphatic carbocycles. The van der Waals surface area contributed by atoms with Crippen LogP contribution in [0.1, 0.15) is 20.3 Å². The average molecular weight is 195 g/mol. The average Bonchev–Trinajstić information content (AvgIpc) is 1.79. The van der Waals surface area contributed by atoms with Crippen molar-refractivity contribution in [3.05, 3.63) is 0 Å². The Balaban J connectivity index is 4.07. The second kappa shape index (κ2) is 4.12. The number of rotatable bonds is 3. The number of esters is 1. The molecule has 4 heteroatoms. The lowest BCUT2D eigenvalue weighted by Crippen LogP contribution is -2.38. The van der Waals surface area contributed by atoms with E-state index in [1.54, 1.807) is 0 Å². The largest absolute Gasteiger partial charge is 0.465 e. The predicted octanol–water partition coefficient (Wildman–Crippen LogP) is 2.31. The standard InChI is InChI=1S/C7H15ClO2Si/c1-5-7(10-6(2)9)11(3,4)8/h7H,5H2,1-4H3. The zero-order chi connectivity index (χ0) is 9.07. The van der Waals surface area contributed by atoms with E-state index in [1.165, 1.54) is 6.92 Å². The summed E-state index contributed by atoms with van der Waals surface area (Å²) in [5.41, 5.74) is -0.0540. The van der Waals surface area contributed by atoms with Crippen molar-refractivity contribution in [2.45, 2.75) is 39.1 Å². The molecule has 0 spiro atoms. The molecule has 0 saturated carbocycles. The number of carbonyl (C=O) groups excluding carboxylic acids is 1. The molecule has 0 aliphatic rings. The van der Waals surface area contributed by atoms with Crippen LogP contribution in [-0.4, -0.2) is 19.1 Å². The van der Waals surface area contributed by atoms with E-state index in [4.69, 9.17) is 15.8 Å². The molecule has 0 rings (SSSR count). The van der Waals surface area contributed by atoms with Crippen LogP contribution in [0.5, 0.6) is 0 Å². The third kappa shape index (κ3) is 4.43. The molecule has 0 bridgehead atoms. The fourth-order valence-corrected chi connectivity index (χ4v) is 2.92. The molecule has 1 atom stereocenters. The maximum atomic E-state index is 10.6. The molecule has 66 valence electrons. The summed E-state index contributed by atoms with van der Waals surface area (Å²) in [4.78, 5) is 10.6. The van der Waals surface area contributed by atoms with E-state index in [0.29, 0.717) is 0 Å². The minimum atomic E-state index is -1.82. The summed E-state index contributed by atoms with van der Waals surface area (Å²) in [5.74, 6) is -0.238. The SMILES string of the molecule is CCC(OC(C)=O)[Si](C)(C)Cl. The molecule has 0 radical (unpaired) electrons. The third-order valence-corrected chi connectivity index (χ3v) is 4.23. The third-order valence-electron chi connectivity index (χ3n) is 1.44. The van der Waals surface area contributed by atoms with Crippen molar-refractivity contribution in [1.29, 1.82) is 0 Å². The number of hydrogen-bond donors (Lipinski definition) is 0. The van der Waals surface area contributed by atoms with E-state index >= 15 is 0 Å². The Morgan fingerprint density at radius 3 is 2.18 bits per heavy atom. The quantitative estimate of drug-likeness (QED) is 0.392. The molecule has 0 saturated heterocycles. The number of ether oxygens (including phenoxy) is 1. The van der Waals surface area contributed by atoms with Gasteiger partial charge in [-0.05, 0) is 6.42 Å². The van der Waals surface area contributed by atoms with Crippen LogP contribution in [0, 0.1) is 0 Å². The molecule has 0 heterocycles. The van der Waals surface area contributed by atoms with Crippen molar-refractivity contribution in [3.8, 4) is 0 Å². The monoisotopic (exact) mass is 194 g/mol. The van der Waals surface area contributed by atoms with E-state index in [-0.39, 0.29) is 11.7 Å². The van der Waals surface area contributed by atoms with E-state index in [9.17, 15) is 4.79 Å². The zero-order valence-corrected chi connectivity index (χ0v) is 9.23. The molecule has 11 heavy (non-hydrogen) atoms. The van der Waals surface area contributed by atoms with Crippen LogP contribution in [0.25, 0.3) is 0 Å². The second-order valence-electron chi connectivity index (χ2n) is 3.07. The molecule has 1 unspecified atom stereocenters. The Labute approximate surface area is 73.6 Å². The molecule has 0 aromatic carbocycles. The van der Waals surface area contributed by atoms with Crippen LogP contribution >= 0.6 is 11.1 Å². The first-order valence-electron chi connectivity index (χ1n) is 3.74. The summed E-state index contributed by atoms with van der Waals surface area (Å²) < 4.78 is 5.05. The summed E-state index contributed by atoms with van der Waals surface area (Å²) in [6, 6.07) is 0. The van der Waals surface area contributed by atoms with Crippen molar-refractivity contribution >= 4 is 24.4 Å². The van der Waals surface area contributed by atoms with Crippen molar-refractivity contribution < 1.29 is 9.53 Å². The van der Waals surface area contributed by atoms with Crippen molar-refractivity contribution in [3.63, 3.8) is 0 Å². The van der Waals surface area contributed by atoms with Gasteiger partial charge in [0.2, 0.25) is 0 Å². The van der Waals surface area contributed by atoms with Gasteiger partial charge in [-0.2, -0.15) is 11.1 Å². The zero-order valence-electron chi connectivity index (χ0n) is 7.48. The molecule has 0 aromatic rings. The van der Waals surface area contributed by atoms with Gasteiger partial charge in [-0.1, -0.05) is 20.0 Å². The summed E-state index contributed by atoms with van der Waals surface area (Å²) in [7, 11) is -1.82. The molecule has 0 fully saturated rings. The molecular formula is C7H15ClO2Si. The van der Waals surface area contributed by atoms with Gasteiger partial charge in [0.1, 0.15) is 5.73 Å². The maximum absolute atomic E-state index is 10.6. The Hall–Kier alpha value is -0.0231. The lowest BCUT2D eigenvalue weighted by molar-refractivity contribution is -0.143. The maximum Gasteiger partial charge on any atom is 0.302 e. The fraction of sp³-hybridized carbons (Fsp3) is 0.857. The van der Waals surface area contributed by atoms with Crippen molar-refractivity contribution in [2.24, 2.45) is 0 Å². The second-order valence-corrected chi connectivity index (χ2v) is 9.77. The lowest BCUT2D eigenvalue weighted by atomic mass is 10.5. The first kappa shape index (κ1) is 11.0. The summed E-state index contributed by atoms with van der Waals surface area (Å²) >= 11 is 6.11. The van der Waals surface area contributed by atoms with E-state index in [2.05, 4.69) is 0 Å². The van der Waals surface area contributed by atoms with Gasteiger partial charge in [0.15, 0.2) is 7.38 Å². The Bertz CT molecular complexity index is 142. The highest BCUT2D eigenvalue weighted by molar-refractivity contribution is 7.19. The first-order chi connectivity index (χ1) is 4.88. The smallest absolute Gasteiger partial charge is 0.302 e. The predicted molar refractivity (Wildman–Crippen MR) is 49.2 cm³/mol. The first-order valence-corrected chi connectivity index (χ1v) is 7.83. The topological polar surface area (TPSA) is 26.3 Å². The normalized spacial score (nSPS) is 14.3. The van der Waals surface area contributed by atoms with Crippen molar-refractivity contribution in [2.75, 3.05) is 0 Å². The van der Waals surface area contributed by atoms with E-state index < -0.39 is 7.38 Å². The highest BCUT2D eigenvalue weighted by Gasteiger charge is 2.31. The minimum Gasteiger partial charge on any atom is -0.465 e. The summed E-state index contributed by atoms with van der Waals surface area (Å²) in [6.07, 6.45) is 0.808. The highest BCUT2D eigenvalue weighted by Crippen LogP contribution is 2.19. The van der Waals surface area contributed by atoms with Crippen LogP contribution in [0.3, 0.4) is 0 Å². The van der Waals surface area contributed by atoms with Crippen LogP contribution in [0.15, 0.2) is 0 Å². The van der Waals surface area contributed by atoms with Gasteiger partial charge in [-0.3, -0.25) is 4.79 Å². The molecular weight excluding hydrogens is 180 g/mol. The van der Waals surface area contributed by atoms with Gasteiger partial charge in [-0.25, -0.2) is 0 Å². The highest BCUT2D eigenvalue weighted by atomic mass is 35.6. The molecule has 2 nitrogen and oxygen atoms in total. The van der Waals surface area contributed by atoms with Crippen molar-refractivity contribution in [1.82, 2.24) is 0 Å². The molecule has 0 N–H and O–H groups in total. The van der Waals surface area contributed by atoms with Gasteiger partial charge in [0, 0.05) is 6.92 Å². The Kier molecular flexibility index (Phi) is 4.11. The molecule has 0 amide bonds. The molecule has 0 aromatic heterocycles. The van der Waals surface area contributed by atoms with Gasteiger partial charge in [0.25, 0.3) is 0 Å². The van der Waals surface area contributed by atoms with Crippen LogP contribution in [0.2, 0.25) is 13.1 Å². The number of carbonyl (C=O) groups is 1. The molecule has 0 aliphatic heterocycles. The number of halogens is 1. The van der Waals surface area contributed by atoms with Crippen LogP contribution < -0.4 is 0 Å². The van der Waals surface area contributed by atoms with Crippen LogP contribution in [0.4, 0.5) is 0 Å². The van der Waals surface area contributed by atoms with Crippen LogP contribution in [-0.2, 0) is 9.53 Å². The minimum absolute atomic E-state index is 0.0540. The summed E-state index contributed by atoms with van der Waals surface area (Å²) in [5, 5.41) is 0. The van der Waals surface area contributed by atoms with E-state index in [1.807, 2.05) is 20.0 Å². The Morgan fingerprint density at radius 2 is 2.09 bits per heavy atom. The lowest BCUT2D eigenvalue weighted by Gasteiger charge is -2.24. The van der Waals surface area contributed by atoms with Gasteiger partial charge >= 0.3 is 5.97 Å². The van der Waals surface area contributed by atoms with Gasteiger partial charge < -0.3 is 4.74 Å². The van der Waals surface area contributed by atoms with Gasteiger partial charge in [-0.15, -0.1) is 0 Å². The fourth-order valence-electron chi connectivity index (χ4n) is 0.909. The number of hydrogen-bond acceptors (Lipinski definition) is 2. The van der Waals surface area contributed by atoms with Gasteiger partial charge in [0.05, 0.1) is 0 Å². The Morgan fingerprint density at radius 1 is 1.64 bits per heavy atom.